The number of esters is 1. The number of halogens is 3. The Kier molecular flexibility index (Phi) is 7.11. The molecule has 2 aromatic rings. The molecular weight excluding hydrogens is 415 g/mol. The number of pyridine rings is 1. The third-order valence-electron chi connectivity index (χ3n) is 5.03. The van der Waals surface area contributed by atoms with Gasteiger partial charge in [0, 0.05) is 31.4 Å². The molecule has 0 spiro atoms. The van der Waals surface area contributed by atoms with E-state index in [4.69, 9.17) is 4.74 Å². The number of alkyl halides is 2. The van der Waals surface area contributed by atoms with Crippen molar-refractivity contribution in [3.05, 3.63) is 58.8 Å². The third kappa shape index (κ3) is 5.32. The standard InChI is InChI=1S/C21H22F3N3O4/c1-2-31-21(30)15-11-26(12-18(23)24)10-14(15)20(29)25-17-7-6-13(9-16(17)22)27-8-4-3-5-19(27)28/h3-9,14-15,18H,2,10-12H2,1H3,(H,25,29)/t14-,15-/m0/s1. The summed E-state index contributed by atoms with van der Waals surface area (Å²) in [5.41, 5.74) is -0.219. The molecule has 0 bridgehead atoms. The molecule has 166 valence electrons. The van der Waals surface area contributed by atoms with Crippen LogP contribution in [-0.4, -0.2) is 54.0 Å². The maximum atomic E-state index is 14.6. The van der Waals surface area contributed by atoms with Crippen molar-refractivity contribution in [2.75, 3.05) is 31.6 Å². The van der Waals surface area contributed by atoms with Crippen molar-refractivity contribution >= 4 is 17.6 Å². The molecule has 0 aliphatic carbocycles. The number of carbonyl (C=O) groups is 2. The summed E-state index contributed by atoms with van der Waals surface area (Å²) in [5.74, 6) is -3.99. The zero-order valence-corrected chi connectivity index (χ0v) is 16.8. The van der Waals surface area contributed by atoms with Gasteiger partial charge >= 0.3 is 5.97 Å². The van der Waals surface area contributed by atoms with Crippen LogP contribution in [0.3, 0.4) is 0 Å². The number of anilines is 1. The topological polar surface area (TPSA) is 80.6 Å². The zero-order valence-electron chi connectivity index (χ0n) is 16.8. The van der Waals surface area contributed by atoms with E-state index in [-0.39, 0.29) is 36.6 Å². The first-order valence-electron chi connectivity index (χ1n) is 9.75. The SMILES string of the molecule is CCOC(=O)[C@H]1CN(CC(F)F)C[C@@H]1C(=O)Nc1ccc(-n2ccccc2=O)cc1F. The summed E-state index contributed by atoms with van der Waals surface area (Å²) in [5, 5.41) is 2.42. The minimum absolute atomic E-state index is 0.0421. The lowest BCUT2D eigenvalue weighted by molar-refractivity contribution is -0.150. The minimum atomic E-state index is -2.61. The van der Waals surface area contributed by atoms with Gasteiger partial charge in [-0.25, -0.2) is 13.2 Å². The fourth-order valence-corrected chi connectivity index (χ4v) is 3.60. The lowest BCUT2D eigenvalue weighted by Gasteiger charge is -2.17. The van der Waals surface area contributed by atoms with Crippen LogP contribution in [0.4, 0.5) is 18.9 Å². The van der Waals surface area contributed by atoms with E-state index in [0.29, 0.717) is 0 Å². The van der Waals surface area contributed by atoms with E-state index in [1.165, 1.54) is 33.9 Å². The summed E-state index contributed by atoms with van der Waals surface area (Å²) in [6.45, 7) is 1.01. The molecule has 2 heterocycles. The summed E-state index contributed by atoms with van der Waals surface area (Å²) in [7, 11) is 0. The van der Waals surface area contributed by atoms with Crippen molar-refractivity contribution < 1.29 is 27.5 Å². The number of rotatable bonds is 7. The van der Waals surface area contributed by atoms with E-state index in [2.05, 4.69) is 5.32 Å². The Bertz CT molecular complexity index is 1010. The first kappa shape index (κ1) is 22.5. The molecule has 1 amide bonds. The van der Waals surface area contributed by atoms with E-state index in [1.54, 1.807) is 19.1 Å². The van der Waals surface area contributed by atoms with Gasteiger partial charge in [-0.1, -0.05) is 6.07 Å². The number of hydrogen-bond donors (Lipinski definition) is 1. The number of aromatic nitrogens is 1. The number of nitrogens with one attached hydrogen (secondary N) is 1. The molecular formula is C21H22F3N3O4. The average Bonchev–Trinajstić information content (AvgIpc) is 3.13. The average molecular weight is 437 g/mol. The Morgan fingerprint density at radius 3 is 2.58 bits per heavy atom. The number of hydrogen-bond acceptors (Lipinski definition) is 5. The number of nitrogens with zero attached hydrogens (tertiary/aromatic N) is 2. The number of likely N-dealkylation sites (tertiary alicyclic amines) is 1. The highest BCUT2D eigenvalue weighted by atomic mass is 19.3. The van der Waals surface area contributed by atoms with Crippen LogP contribution in [0.25, 0.3) is 5.69 Å². The molecule has 1 aromatic heterocycles. The Morgan fingerprint density at radius 1 is 1.19 bits per heavy atom. The second-order valence-electron chi connectivity index (χ2n) is 7.14. The van der Waals surface area contributed by atoms with E-state index < -0.39 is 42.5 Å². The van der Waals surface area contributed by atoms with Gasteiger partial charge in [-0.05, 0) is 25.1 Å². The molecule has 0 unspecified atom stereocenters. The van der Waals surface area contributed by atoms with Gasteiger partial charge in [-0.15, -0.1) is 0 Å². The maximum absolute atomic E-state index is 14.6. The fourth-order valence-electron chi connectivity index (χ4n) is 3.60. The van der Waals surface area contributed by atoms with Crippen molar-refractivity contribution in [2.45, 2.75) is 13.3 Å². The molecule has 0 radical (unpaired) electrons. The van der Waals surface area contributed by atoms with Crippen LogP contribution in [0, 0.1) is 17.7 Å². The van der Waals surface area contributed by atoms with Gasteiger partial charge in [0.25, 0.3) is 12.0 Å². The summed E-state index contributed by atoms with van der Waals surface area (Å²) in [4.78, 5) is 38.2. The van der Waals surface area contributed by atoms with Gasteiger partial charge in [0.1, 0.15) is 5.82 Å². The molecule has 1 saturated heterocycles. The van der Waals surface area contributed by atoms with Gasteiger partial charge in [0.15, 0.2) is 0 Å². The molecule has 7 nitrogen and oxygen atoms in total. The Hall–Kier alpha value is -3.14. The Balaban J connectivity index is 1.78. The zero-order chi connectivity index (χ0) is 22.5. The maximum Gasteiger partial charge on any atom is 0.311 e. The lowest BCUT2D eigenvalue weighted by atomic mass is 9.95. The van der Waals surface area contributed by atoms with Crippen molar-refractivity contribution in [3.8, 4) is 5.69 Å². The van der Waals surface area contributed by atoms with Crippen LogP contribution in [0.2, 0.25) is 0 Å². The van der Waals surface area contributed by atoms with Crippen molar-refractivity contribution in [2.24, 2.45) is 11.8 Å². The minimum Gasteiger partial charge on any atom is -0.466 e. The summed E-state index contributed by atoms with van der Waals surface area (Å²) in [6.07, 6.45) is -1.13. The molecule has 1 N–H and O–H groups in total. The fraction of sp³-hybridized carbons (Fsp3) is 0.381. The van der Waals surface area contributed by atoms with E-state index >= 15 is 0 Å². The van der Waals surface area contributed by atoms with Crippen LogP contribution in [0.1, 0.15) is 6.92 Å². The van der Waals surface area contributed by atoms with Crippen LogP contribution < -0.4 is 10.9 Å². The van der Waals surface area contributed by atoms with Crippen LogP contribution in [-0.2, 0) is 14.3 Å². The van der Waals surface area contributed by atoms with Crippen LogP contribution in [0.15, 0.2) is 47.4 Å². The molecule has 31 heavy (non-hydrogen) atoms. The number of carbonyl (C=O) groups excluding carboxylic acids is 2. The number of benzene rings is 1. The van der Waals surface area contributed by atoms with E-state index in [1.807, 2.05) is 0 Å². The smallest absolute Gasteiger partial charge is 0.311 e. The molecule has 3 rings (SSSR count). The van der Waals surface area contributed by atoms with Crippen LogP contribution >= 0.6 is 0 Å². The normalized spacial score (nSPS) is 18.9. The molecule has 0 saturated carbocycles. The number of amides is 1. The Labute approximate surface area is 176 Å². The van der Waals surface area contributed by atoms with E-state index in [9.17, 15) is 27.6 Å². The summed E-state index contributed by atoms with van der Waals surface area (Å²) in [6, 6.07) is 8.36. The van der Waals surface area contributed by atoms with Crippen molar-refractivity contribution in [1.82, 2.24) is 9.47 Å². The highest BCUT2D eigenvalue weighted by Gasteiger charge is 2.43. The molecule has 2 atom stereocenters. The second kappa shape index (κ2) is 9.78. The predicted molar refractivity (Wildman–Crippen MR) is 107 cm³/mol. The third-order valence-corrected chi connectivity index (χ3v) is 5.03. The lowest BCUT2D eigenvalue weighted by Crippen LogP contribution is -2.34. The molecule has 1 aliphatic heterocycles. The second-order valence-corrected chi connectivity index (χ2v) is 7.14. The molecule has 1 fully saturated rings. The molecule has 10 heteroatoms. The highest BCUT2D eigenvalue weighted by Crippen LogP contribution is 2.28. The van der Waals surface area contributed by atoms with Gasteiger partial charge in [0.05, 0.1) is 36.4 Å². The largest absolute Gasteiger partial charge is 0.466 e. The summed E-state index contributed by atoms with van der Waals surface area (Å²) >= 11 is 0. The van der Waals surface area contributed by atoms with Crippen molar-refractivity contribution in [1.29, 1.82) is 0 Å². The number of ether oxygens (including phenoxy) is 1. The van der Waals surface area contributed by atoms with Crippen LogP contribution in [0.5, 0.6) is 0 Å². The first-order chi connectivity index (χ1) is 14.8. The molecule has 1 aliphatic rings. The quantitative estimate of drug-likeness (QED) is 0.673. The van der Waals surface area contributed by atoms with Crippen molar-refractivity contribution in [3.63, 3.8) is 0 Å². The van der Waals surface area contributed by atoms with Gasteiger partial charge in [0.2, 0.25) is 5.91 Å². The van der Waals surface area contributed by atoms with Gasteiger partial charge in [-0.2, -0.15) is 0 Å². The monoisotopic (exact) mass is 437 g/mol. The summed E-state index contributed by atoms with van der Waals surface area (Å²) < 4.78 is 46.3. The van der Waals surface area contributed by atoms with Gasteiger partial charge in [-0.3, -0.25) is 23.9 Å². The highest BCUT2D eigenvalue weighted by molar-refractivity contribution is 5.96. The van der Waals surface area contributed by atoms with Gasteiger partial charge < -0.3 is 10.1 Å². The Morgan fingerprint density at radius 2 is 1.94 bits per heavy atom. The van der Waals surface area contributed by atoms with E-state index in [0.717, 1.165) is 6.07 Å². The molecule has 1 aromatic carbocycles. The first-order valence-corrected chi connectivity index (χ1v) is 9.75. The predicted octanol–water partition coefficient (Wildman–Crippen LogP) is 2.29.